The van der Waals surface area contributed by atoms with E-state index in [0.29, 0.717) is 26.3 Å². The van der Waals surface area contributed by atoms with Gasteiger partial charge >= 0.3 is 6.03 Å². The van der Waals surface area contributed by atoms with Crippen LogP contribution in [-0.4, -0.2) is 32.3 Å². The first-order chi connectivity index (χ1) is 11.8. The SMILES string of the molecule is CCOc1cccc(OCCNC(=O)NCCc2ccccc2)c1. The minimum absolute atomic E-state index is 0.183. The number of amides is 2. The van der Waals surface area contributed by atoms with Gasteiger partial charge in [0.05, 0.1) is 13.2 Å². The summed E-state index contributed by atoms with van der Waals surface area (Å²) in [4.78, 5) is 11.7. The highest BCUT2D eigenvalue weighted by Gasteiger charge is 2.01. The van der Waals surface area contributed by atoms with Gasteiger partial charge in [0.2, 0.25) is 0 Å². The molecule has 5 nitrogen and oxygen atoms in total. The summed E-state index contributed by atoms with van der Waals surface area (Å²) in [6.07, 6.45) is 0.814. The number of hydrogen-bond donors (Lipinski definition) is 2. The fraction of sp³-hybridized carbons (Fsp3) is 0.316. The molecule has 2 aromatic carbocycles. The average Bonchev–Trinajstić information content (AvgIpc) is 2.60. The minimum atomic E-state index is -0.183. The Morgan fingerprint density at radius 3 is 2.38 bits per heavy atom. The van der Waals surface area contributed by atoms with Gasteiger partial charge in [-0.1, -0.05) is 36.4 Å². The lowest BCUT2D eigenvalue weighted by Gasteiger charge is -2.10. The highest BCUT2D eigenvalue weighted by Crippen LogP contribution is 2.18. The molecule has 2 aromatic rings. The first kappa shape index (κ1) is 17.7. The molecule has 2 rings (SSSR count). The molecule has 0 aliphatic heterocycles. The number of hydrogen-bond acceptors (Lipinski definition) is 3. The molecule has 0 saturated carbocycles. The van der Waals surface area contributed by atoms with Crippen molar-refractivity contribution in [1.29, 1.82) is 0 Å². The molecule has 0 radical (unpaired) electrons. The van der Waals surface area contributed by atoms with Crippen LogP contribution in [0.25, 0.3) is 0 Å². The maximum atomic E-state index is 11.7. The van der Waals surface area contributed by atoms with E-state index in [4.69, 9.17) is 9.47 Å². The molecular weight excluding hydrogens is 304 g/mol. The topological polar surface area (TPSA) is 59.6 Å². The smallest absolute Gasteiger partial charge is 0.314 e. The highest BCUT2D eigenvalue weighted by molar-refractivity contribution is 5.73. The second kappa shape index (κ2) is 10.2. The quantitative estimate of drug-likeness (QED) is 0.696. The fourth-order valence-electron chi connectivity index (χ4n) is 2.18. The van der Waals surface area contributed by atoms with Gasteiger partial charge in [-0.2, -0.15) is 0 Å². The minimum Gasteiger partial charge on any atom is -0.494 e. The van der Waals surface area contributed by atoms with Crippen LogP contribution in [0, 0.1) is 0 Å². The molecule has 0 unspecified atom stereocenters. The molecule has 0 aromatic heterocycles. The molecule has 128 valence electrons. The van der Waals surface area contributed by atoms with Crippen LogP contribution in [0.15, 0.2) is 54.6 Å². The third-order valence-corrected chi connectivity index (χ3v) is 3.31. The number of rotatable bonds is 9. The predicted octanol–water partition coefficient (Wildman–Crippen LogP) is 3.01. The van der Waals surface area contributed by atoms with Gasteiger partial charge in [0, 0.05) is 12.6 Å². The first-order valence-corrected chi connectivity index (χ1v) is 8.19. The van der Waals surface area contributed by atoms with Gasteiger partial charge in [0.1, 0.15) is 18.1 Å². The van der Waals surface area contributed by atoms with E-state index in [1.54, 1.807) is 0 Å². The lowest BCUT2D eigenvalue weighted by Crippen LogP contribution is -2.38. The maximum Gasteiger partial charge on any atom is 0.314 e. The third kappa shape index (κ3) is 6.60. The normalized spacial score (nSPS) is 10.0. The van der Waals surface area contributed by atoms with Crippen molar-refractivity contribution in [2.45, 2.75) is 13.3 Å². The molecule has 0 aliphatic carbocycles. The molecule has 0 spiro atoms. The van der Waals surface area contributed by atoms with E-state index in [9.17, 15) is 4.79 Å². The predicted molar refractivity (Wildman–Crippen MR) is 94.7 cm³/mol. The van der Waals surface area contributed by atoms with Crippen molar-refractivity contribution in [3.8, 4) is 11.5 Å². The van der Waals surface area contributed by atoms with Crippen molar-refractivity contribution in [2.24, 2.45) is 0 Å². The van der Waals surface area contributed by atoms with E-state index in [1.165, 1.54) is 5.56 Å². The van der Waals surface area contributed by atoms with Gasteiger partial charge < -0.3 is 20.1 Å². The summed E-state index contributed by atoms with van der Waals surface area (Å²) in [5.74, 6) is 1.51. The van der Waals surface area contributed by atoms with Crippen molar-refractivity contribution in [2.75, 3.05) is 26.3 Å². The molecule has 2 N–H and O–H groups in total. The Morgan fingerprint density at radius 2 is 1.62 bits per heavy atom. The molecule has 2 amide bonds. The van der Waals surface area contributed by atoms with Crippen LogP contribution in [0.1, 0.15) is 12.5 Å². The van der Waals surface area contributed by atoms with Crippen LogP contribution < -0.4 is 20.1 Å². The zero-order valence-electron chi connectivity index (χ0n) is 14.0. The van der Waals surface area contributed by atoms with E-state index in [1.807, 2.05) is 61.5 Å². The average molecular weight is 328 g/mol. The van der Waals surface area contributed by atoms with E-state index in [0.717, 1.165) is 17.9 Å². The molecule has 0 aliphatic rings. The first-order valence-electron chi connectivity index (χ1n) is 8.19. The van der Waals surface area contributed by atoms with E-state index in [2.05, 4.69) is 10.6 Å². The molecule has 24 heavy (non-hydrogen) atoms. The van der Waals surface area contributed by atoms with Gasteiger partial charge in [0.25, 0.3) is 0 Å². The summed E-state index contributed by atoms with van der Waals surface area (Å²) in [5.41, 5.74) is 1.20. The number of urea groups is 1. The van der Waals surface area contributed by atoms with Gasteiger partial charge in [-0.15, -0.1) is 0 Å². The number of carbonyl (C=O) groups excluding carboxylic acids is 1. The van der Waals surface area contributed by atoms with Crippen molar-refractivity contribution in [3.63, 3.8) is 0 Å². The standard InChI is InChI=1S/C19H24N2O3/c1-2-23-17-9-6-10-18(15-17)24-14-13-21-19(22)20-12-11-16-7-4-3-5-8-16/h3-10,15H,2,11-14H2,1H3,(H2,20,21,22). The zero-order chi connectivity index (χ0) is 17.0. The fourth-order valence-corrected chi connectivity index (χ4v) is 2.18. The van der Waals surface area contributed by atoms with E-state index < -0.39 is 0 Å². The van der Waals surface area contributed by atoms with Crippen molar-refractivity contribution < 1.29 is 14.3 Å². The van der Waals surface area contributed by atoms with Crippen LogP contribution in [0.5, 0.6) is 11.5 Å². The molecule has 0 heterocycles. The monoisotopic (exact) mass is 328 g/mol. The third-order valence-electron chi connectivity index (χ3n) is 3.31. The molecule has 0 atom stereocenters. The van der Waals surface area contributed by atoms with Gasteiger partial charge in [0.15, 0.2) is 0 Å². The van der Waals surface area contributed by atoms with Crippen LogP contribution in [0.2, 0.25) is 0 Å². The molecule has 0 saturated heterocycles. The Morgan fingerprint density at radius 1 is 0.917 bits per heavy atom. The number of benzene rings is 2. The number of nitrogens with one attached hydrogen (secondary N) is 2. The molecule has 5 heteroatoms. The number of carbonyl (C=O) groups is 1. The van der Waals surface area contributed by atoms with Gasteiger partial charge in [-0.3, -0.25) is 0 Å². The van der Waals surface area contributed by atoms with E-state index in [-0.39, 0.29) is 6.03 Å². The van der Waals surface area contributed by atoms with Crippen molar-refractivity contribution in [3.05, 3.63) is 60.2 Å². The highest BCUT2D eigenvalue weighted by atomic mass is 16.5. The second-order valence-electron chi connectivity index (χ2n) is 5.17. The van der Waals surface area contributed by atoms with Crippen molar-refractivity contribution in [1.82, 2.24) is 10.6 Å². The lowest BCUT2D eigenvalue weighted by atomic mass is 10.1. The number of ether oxygens (including phenoxy) is 2. The summed E-state index contributed by atoms with van der Waals surface area (Å²) in [6.45, 7) is 4.01. The summed E-state index contributed by atoms with van der Waals surface area (Å²) in [5, 5.41) is 5.60. The second-order valence-corrected chi connectivity index (χ2v) is 5.17. The largest absolute Gasteiger partial charge is 0.494 e. The Labute approximate surface area is 143 Å². The van der Waals surface area contributed by atoms with Crippen molar-refractivity contribution >= 4 is 6.03 Å². The van der Waals surface area contributed by atoms with Crippen LogP contribution in [-0.2, 0) is 6.42 Å². The summed E-state index contributed by atoms with van der Waals surface area (Å²) >= 11 is 0. The Kier molecular flexibility index (Phi) is 7.47. The maximum absolute atomic E-state index is 11.7. The molecule has 0 fully saturated rings. The summed E-state index contributed by atoms with van der Waals surface area (Å²) in [7, 11) is 0. The van der Waals surface area contributed by atoms with E-state index >= 15 is 0 Å². The van der Waals surface area contributed by atoms with Crippen LogP contribution in [0.3, 0.4) is 0 Å². The Bertz CT molecular complexity index is 617. The summed E-state index contributed by atoms with van der Waals surface area (Å²) < 4.78 is 11.0. The van der Waals surface area contributed by atoms with Gasteiger partial charge in [-0.05, 0) is 31.0 Å². The Hall–Kier alpha value is -2.69. The van der Waals surface area contributed by atoms with Crippen LogP contribution >= 0.6 is 0 Å². The van der Waals surface area contributed by atoms with Gasteiger partial charge in [-0.25, -0.2) is 4.79 Å². The summed E-state index contributed by atoms with van der Waals surface area (Å²) in [6, 6.07) is 17.3. The molecule has 0 bridgehead atoms. The molecular formula is C19H24N2O3. The Balaban J connectivity index is 1.58. The van der Waals surface area contributed by atoms with Crippen LogP contribution in [0.4, 0.5) is 4.79 Å². The zero-order valence-corrected chi connectivity index (χ0v) is 14.0. The lowest BCUT2D eigenvalue weighted by molar-refractivity contribution is 0.236.